The predicted molar refractivity (Wildman–Crippen MR) is 87.2 cm³/mol. The van der Waals surface area contributed by atoms with E-state index in [4.69, 9.17) is 21.1 Å². The van der Waals surface area contributed by atoms with Gasteiger partial charge in [0.15, 0.2) is 0 Å². The summed E-state index contributed by atoms with van der Waals surface area (Å²) in [5.74, 6) is 1.63. The van der Waals surface area contributed by atoms with Crippen LogP contribution in [0.2, 0.25) is 5.02 Å². The molecule has 1 aromatic rings. The zero-order valence-electron chi connectivity index (χ0n) is 13.2. The van der Waals surface area contributed by atoms with Gasteiger partial charge in [-0.1, -0.05) is 18.5 Å². The standard InChI is InChI=1S/C17H26ClNO2/c1-4-19-16(10-12-8-14(9-12)21-5-2)15-11-13(18)6-7-17(15)20-3/h6-7,11-12,14,16,19H,4-5,8-10H2,1-3H3. The maximum absolute atomic E-state index is 6.16. The summed E-state index contributed by atoms with van der Waals surface area (Å²) in [7, 11) is 1.71. The third-order valence-electron chi connectivity index (χ3n) is 4.18. The zero-order chi connectivity index (χ0) is 15.2. The van der Waals surface area contributed by atoms with Gasteiger partial charge >= 0.3 is 0 Å². The van der Waals surface area contributed by atoms with Crippen LogP contribution in [0.1, 0.15) is 44.7 Å². The van der Waals surface area contributed by atoms with Crippen molar-refractivity contribution < 1.29 is 9.47 Å². The van der Waals surface area contributed by atoms with Gasteiger partial charge in [-0.05, 0) is 56.8 Å². The van der Waals surface area contributed by atoms with Crippen LogP contribution in [0.4, 0.5) is 0 Å². The third kappa shape index (κ3) is 4.35. The summed E-state index contributed by atoms with van der Waals surface area (Å²) in [6.45, 7) is 5.94. The Morgan fingerprint density at radius 2 is 2.10 bits per heavy atom. The number of hydrogen-bond donors (Lipinski definition) is 1. The second kappa shape index (κ2) is 8.02. The lowest BCUT2D eigenvalue weighted by molar-refractivity contribution is -0.0291. The van der Waals surface area contributed by atoms with Crippen molar-refractivity contribution in [3.63, 3.8) is 0 Å². The highest BCUT2D eigenvalue weighted by molar-refractivity contribution is 6.30. The second-order valence-electron chi connectivity index (χ2n) is 5.65. The molecule has 3 nitrogen and oxygen atoms in total. The quantitative estimate of drug-likeness (QED) is 0.780. The molecule has 0 saturated heterocycles. The van der Waals surface area contributed by atoms with Crippen LogP contribution in [0.3, 0.4) is 0 Å². The summed E-state index contributed by atoms with van der Waals surface area (Å²) in [6.07, 6.45) is 3.90. The van der Waals surface area contributed by atoms with E-state index in [0.29, 0.717) is 12.0 Å². The first-order valence-corrected chi connectivity index (χ1v) is 8.24. The van der Waals surface area contributed by atoms with Crippen molar-refractivity contribution in [1.29, 1.82) is 0 Å². The maximum Gasteiger partial charge on any atom is 0.123 e. The van der Waals surface area contributed by atoms with E-state index in [2.05, 4.69) is 19.2 Å². The highest BCUT2D eigenvalue weighted by Gasteiger charge is 2.32. The van der Waals surface area contributed by atoms with Crippen LogP contribution in [-0.4, -0.2) is 26.4 Å². The summed E-state index contributed by atoms with van der Waals surface area (Å²) in [4.78, 5) is 0. The lowest BCUT2D eigenvalue weighted by Crippen LogP contribution is -2.34. The van der Waals surface area contributed by atoms with E-state index < -0.39 is 0 Å². The van der Waals surface area contributed by atoms with Crippen molar-refractivity contribution in [2.24, 2.45) is 5.92 Å². The lowest BCUT2D eigenvalue weighted by atomic mass is 9.77. The highest BCUT2D eigenvalue weighted by Crippen LogP contribution is 2.39. The number of methoxy groups -OCH3 is 1. The third-order valence-corrected chi connectivity index (χ3v) is 4.42. The van der Waals surface area contributed by atoms with Crippen LogP contribution < -0.4 is 10.1 Å². The molecular weight excluding hydrogens is 286 g/mol. The number of ether oxygens (including phenoxy) is 2. The number of rotatable bonds is 8. The van der Waals surface area contributed by atoms with Gasteiger partial charge in [-0.15, -0.1) is 0 Å². The first-order chi connectivity index (χ1) is 10.2. The Morgan fingerprint density at radius 3 is 2.71 bits per heavy atom. The van der Waals surface area contributed by atoms with Gasteiger partial charge in [-0.25, -0.2) is 0 Å². The van der Waals surface area contributed by atoms with Crippen molar-refractivity contribution in [2.45, 2.75) is 45.3 Å². The Kier molecular flexibility index (Phi) is 6.34. The van der Waals surface area contributed by atoms with E-state index in [9.17, 15) is 0 Å². The molecule has 118 valence electrons. The van der Waals surface area contributed by atoms with Crippen LogP contribution in [0.25, 0.3) is 0 Å². The molecule has 21 heavy (non-hydrogen) atoms. The average Bonchev–Trinajstić information content (AvgIpc) is 2.44. The van der Waals surface area contributed by atoms with Gasteiger partial charge in [0.1, 0.15) is 5.75 Å². The van der Waals surface area contributed by atoms with Crippen molar-refractivity contribution in [2.75, 3.05) is 20.3 Å². The lowest BCUT2D eigenvalue weighted by Gasteiger charge is -2.37. The molecule has 1 saturated carbocycles. The Balaban J connectivity index is 2.04. The minimum absolute atomic E-state index is 0.288. The van der Waals surface area contributed by atoms with Crippen molar-refractivity contribution in [1.82, 2.24) is 5.32 Å². The fourth-order valence-corrected chi connectivity index (χ4v) is 3.30. The summed E-state index contributed by atoms with van der Waals surface area (Å²) in [6, 6.07) is 6.13. The van der Waals surface area contributed by atoms with E-state index in [1.165, 1.54) is 12.8 Å². The van der Waals surface area contributed by atoms with E-state index >= 15 is 0 Å². The highest BCUT2D eigenvalue weighted by atomic mass is 35.5. The van der Waals surface area contributed by atoms with Crippen LogP contribution in [0, 0.1) is 5.92 Å². The molecule has 0 bridgehead atoms. The molecule has 2 rings (SSSR count). The fourth-order valence-electron chi connectivity index (χ4n) is 3.12. The molecule has 1 N–H and O–H groups in total. The molecule has 0 radical (unpaired) electrons. The molecule has 1 aliphatic carbocycles. The van der Waals surface area contributed by atoms with Gasteiger partial charge in [0.25, 0.3) is 0 Å². The van der Waals surface area contributed by atoms with Gasteiger partial charge < -0.3 is 14.8 Å². The first kappa shape index (κ1) is 16.6. The van der Waals surface area contributed by atoms with Crippen LogP contribution in [0.15, 0.2) is 18.2 Å². The summed E-state index contributed by atoms with van der Waals surface area (Å²) < 4.78 is 11.2. The molecular formula is C17H26ClNO2. The number of benzene rings is 1. The Bertz CT molecular complexity index is 446. The van der Waals surface area contributed by atoms with Gasteiger partial charge in [-0.3, -0.25) is 0 Å². The van der Waals surface area contributed by atoms with Crippen LogP contribution in [0.5, 0.6) is 5.75 Å². The molecule has 0 aliphatic heterocycles. The zero-order valence-corrected chi connectivity index (χ0v) is 14.0. The van der Waals surface area contributed by atoms with E-state index in [-0.39, 0.29) is 6.04 Å². The predicted octanol–water partition coefficient (Wildman–Crippen LogP) is 4.20. The topological polar surface area (TPSA) is 30.5 Å². The van der Waals surface area contributed by atoms with Crippen molar-refractivity contribution in [3.8, 4) is 5.75 Å². The van der Waals surface area contributed by atoms with E-state index in [1.807, 2.05) is 18.2 Å². The fraction of sp³-hybridized carbons (Fsp3) is 0.647. The molecule has 0 aromatic heterocycles. The molecule has 1 atom stereocenters. The Hall–Kier alpha value is -0.770. The monoisotopic (exact) mass is 311 g/mol. The number of nitrogens with one attached hydrogen (secondary N) is 1. The molecule has 0 amide bonds. The summed E-state index contributed by atoms with van der Waals surface area (Å²) >= 11 is 6.16. The number of hydrogen-bond acceptors (Lipinski definition) is 3. The molecule has 4 heteroatoms. The van der Waals surface area contributed by atoms with Gasteiger partial charge in [-0.2, -0.15) is 0 Å². The Labute approximate surface area is 133 Å². The summed E-state index contributed by atoms with van der Waals surface area (Å²) in [5.41, 5.74) is 1.16. The largest absolute Gasteiger partial charge is 0.496 e. The maximum atomic E-state index is 6.16. The second-order valence-corrected chi connectivity index (χ2v) is 6.08. The van der Waals surface area contributed by atoms with Crippen LogP contribution >= 0.6 is 11.6 Å². The van der Waals surface area contributed by atoms with Crippen molar-refractivity contribution >= 4 is 11.6 Å². The first-order valence-electron chi connectivity index (χ1n) is 7.86. The molecule has 1 aromatic carbocycles. The smallest absolute Gasteiger partial charge is 0.123 e. The van der Waals surface area contributed by atoms with E-state index in [1.54, 1.807) is 7.11 Å². The van der Waals surface area contributed by atoms with Gasteiger partial charge in [0.05, 0.1) is 13.2 Å². The molecule has 0 heterocycles. The molecule has 1 fully saturated rings. The van der Waals surface area contributed by atoms with Crippen molar-refractivity contribution in [3.05, 3.63) is 28.8 Å². The SMILES string of the molecule is CCNC(CC1CC(OCC)C1)c1cc(Cl)ccc1OC. The summed E-state index contributed by atoms with van der Waals surface area (Å²) in [5, 5.41) is 4.33. The van der Waals surface area contributed by atoms with Crippen LogP contribution in [-0.2, 0) is 4.74 Å². The van der Waals surface area contributed by atoms with Gasteiger partial charge in [0.2, 0.25) is 0 Å². The minimum atomic E-state index is 0.288. The average molecular weight is 312 g/mol. The molecule has 0 spiro atoms. The van der Waals surface area contributed by atoms with Gasteiger partial charge in [0, 0.05) is 23.2 Å². The van der Waals surface area contributed by atoms with E-state index in [0.717, 1.165) is 35.9 Å². The normalized spacial score (nSPS) is 22.7. The Morgan fingerprint density at radius 1 is 1.33 bits per heavy atom. The molecule has 1 aliphatic rings. The number of halogens is 1. The minimum Gasteiger partial charge on any atom is -0.496 e. The molecule has 1 unspecified atom stereocenters.